The largest absolute Gasteiger partial charge is 0.493 e. The Morgan fingerprint density at radius 3 is 2.54 bits per heavy atom. The molecule has 6 nitrogen and oxygen atoms in total. The molecule has 24 heavy (non-hydrogen) atoms. The first-order chi connectivity index (χ1) is 11.7. The Morgan fingerprint density at radius 1 is 1.08 bits per heavy atom. The monoisotopic (exact) mass is 326 g/mol. The maximum atomic E-state index is 12.9. The number of halogens is 1. The molecule has 0 amide bonds. The van der Waals surface area contributed by atoms with Gasteiger partial charge in [-0.3, -0.25) is 0 Å². The molecular weight excluding hydrogens is 311 g/mol. The van der Waals surface area contributed by atoms with E-state index in [1.54, 1.807) is 31.5 Å². The van der Waals surface area contributed by atoms with Crippen LogP contribution in [0.2, 0.25) is 0 Å². The summed E-state index contributed by atoms with van der Waals surface area (Å²) >= 11 is 0. The van der Waals surface area contributed by atoms with E-state index < -0.39 is 0 Å². The number of nitrogens with zero attached hydrogens (tertiary/aromatic N) is 4. The molecule has 0 aliphatic carbocycles. The number of aromatic nitrogens is 3. The van der Waals surface area contributed by atoms with Gasteiger partial charge in [0.2, 0.25) is 0 Å². The third-order valence-corrected chi connectivity index (χ3v) is 3.24. The van der Waals surface area contributed by atoms with Gasteiger partial charge in [-0.25, -0.2) is 9.07 Å². The third-order valence-electron chi connectivity index (χ3n) is 3.24. The third kappa shape index (κ3) is 3.95. The van der Waals surface area contributed by atoms with Gasteiger partial charge in [-0.15, -0.1) is 10.2 Å². The van der Waals surface area contributed by atoms with Gasteiger partial charge in [0.05, 0.1) is 13.3 Å². The maximum absolute atomic E-state index is 12.9. The fourth-order valence-corrected chi connectivity index (χ4v) is 2.01. The molecule has 0 aliphatic heterocycles. The normalized spacial score (nSPS) is 10.9. The average molecular weight is 326 g/mol. The number of ether oxygens (including phenoxy) is 2. The molecule has 0 saturated carbocycles. The second-order valence-electron chi connectivity index (χ2n) is 4.91. The SMILES string of the molecule is COc1cc(/C=N\n2cnnc2)ccc1OCc1ccc(F)cc1. The van der Waals surface area contributed by atoms with Gasteiger partial charge >= 0.3 is 0 Å². The van der Waals surface area contributed by atoms with E-state index in [1.807, 2.05) is 12.1 Å². The molecule has 0 atom stereocenters. The van der Waals surface area contributed by atoms with Crippen molar-refractivity contribution in [2.75, 3.05) is 7.11 Å². The quantitative estimate of drug-likeness (QED) is 0.654. The first-order valence-corrected chi connectivity index (χ1v) is 7.19. The van der Waals surface area contributed by atoms with Gasteiger partial charge in [0.25, 0.3) is 0 Å². The van der Waals surface area contributed by atoms with Gasteiger partial charge < -0.3 is 9.47 Å². The van der Waals surface area contributed by atoms with Crippen LogP contribution in [0.1, 0.15) is 11.1 Å². The van der Waals surface area contributed by atoms with E-state index in [1.165, 1.54) is 29.5 Å². The van der Waals surface area contributed by atoms with E-state index in [9.17, 15) is 4.39 Å². The molecular formula is C17H15FN4O2. The van der Waals surface area contributed by atoms with Crippen molar-refractivity contribution in [3.05, 3.63) is 72.1 Å². The maximum Gasteiger partial charge on any atom is 0.161 e. The zero-order valence-electron chi connectivity index (χ0n) is 13.0. The predicted molar refractivity (Wildman–Crippen MR) is 86.7 cm³/mol. The minimum atomic E-state index is -0.270. The molecule has 3 aromatic rings. The number of hydrogen-bond acceptors (Lipinski definition) is 5. The van der Waals surface area contributed by atoms with Crippen LogP contribution in [0.5, 0.6) is 11.5 Å². The highest BCUT2D eigenvalue weighted by Crippen LogP contribution is 2.28. The second-order valence-corrected chi connectivity index (χ2v) is 4.91. The fraction of sp³-hybridized carbons (Fsp3) is 0.118. The standard InChI is InChI=1S/C17H15FN4O2/c1-23-17-8-14(9-21-22-11-19-20-12-22)4-7-16(17)24-10-13-2-5-15(18)6-3-13/h2-9,11-12H,10H2,1H3/b21-9-. The summed E-state index contributed by atoms with van der Waals surface area (Å²) < 4.78 is 25.5. The van der Waals surface area contributed by atoms with E-state index in [-0.39, 0.29) is 5.82 Å². The van der Waals surface area contributed by atoms with Crippen LogP contribution in [0.3, 0.4) is 0 Å². The number of benzene rings is 2. The Labute approximate surface area is 138 Å². The van der Waals surface area contributed by atoms with Crippen molar-refractivity contribution in [1.29, 1.82) is 0 Å². The van der Waals surface area contributed by atoms with Crippen LogP contribution in [-0.4, -0.2) is 28.2 Å². The average Bonchev–Trinajstić information content (AvgIpc) is 3.13. The Balaban J connectivity index is 1.70. The molecule has 0 aliphatic rings. The lowest BCUT2D eigenvalue weighted by molar-refractivity contribution is 0.284. The van der Waals surface area contributed by atoms with Crippen LogP contribution in [0.4, 0.5) is 4.39 Å². The van der Waals surface area contributed by atoms with E-state index >= 15 is 0 Å². The summed E-state index contributed by atoms with van der Waals surface area (Å²) in [7, 11) is 1.57. The molecule has 1 aromatic heterocycles. The highest BCUT2D eigenvalue weighted by Gasteiger charge is 2.06. The second kappa shape index (κ2) is 7.36. The molecule has 0 spiro atoms. The van der Waals surface area contributed by atoms with Crippen LogP contribution in [0.15, 0.2) is 60.2 Å². The summed E-state index contributed by atoms with van der Waals surface area (Å²) in [5, 5.41) is 11.5. The van der Waals surface area contributed by atoms with Crippen LogP contribution in [0.25, 0.3) is 0 Å². The molecule has 0 radical (unpaired) electrons. The smallest absolute Gasteiger partial charge is 0.161 e. The fourth-order valence-electron chi connectivity index (χ4n) is 2.01. The van der Waals surface area contributed by atoms with Gasteiger partial charge in [0.15, 0.2) is 11.5 Å². The van der Waals surface area contributed by atoms with Crippen LogP contribution >= 0.6 is 0 Å². The van der Waals surface area contributed by atoms with Crippen molar-refractivity contribution in [2.45, 2.75) is 6.61 Å². The van der Waals surface area contributed by atoms with E-state index in [0.717, 1.165) is 11.1 Å². The molecule has 2 aromatic carbocycles. The zero-order valence-corrected chi connectivity index (χ0v) is 13.0. The molecule has 0 N–H and O–H groups in total. The van der Waals surface area contributed by atoms with Crippen molar-refractivity contribution in [1.82, 2.24) is 14.9 Å². The van der Waals surface area contributed by atoms with E-state index in [4.69, 9.17) is 9.47 Å². The van der Waals surface area contributed by atoms with Crippen LogP contribution in [-0.2, 0) is 6.61 Å². The number of hydrogen-bond donors (Lipinski definition) is 0. The van der Waals surface area contributed by atoms with Crippen molar-refractivity contribution in [3.63, 3.8) is 0 Å². The summed E-state index contributed by atoms with van der Waals surface area (Å²) in [4.78, 5) is 0. The lowest BCUT2D eigenvalue weighted by Gasteiger charge is -2.11. The minimum absolute atomic E-state index is 0.270. The Morgan fingerprint density at radius 2 is 1.83 bits per heavy atom. The van der Waals surface area contributed by atoms with Gasteiger partial charge in [0.1, 0.15) is 25.1 Å². The summed E-state index contributed by atoms with van der Waals surface area (Å²) in [6.07, 6.45) is 4.65. The van der Waals surface area contributed by atoms with Crippen molar-refractivity contribution >= 4 is 6.21 Å². The highest BCUT2D eigenvalue weighted by atomic mass is 19.1. The van der Waals surface area contributed by atoms with E-state index in [0.29, 0.717) is 18.1 Å². The van der Waals surface area contributed by atoms with Crippen molar-refractivity contribution in [2.24, 2.45) is 5.10 Å². The molecule has 1 heterocycles. The van der Waals surface area contributed by atoms with Gasteiger partial charge in [-0.2, -0.15) is 5.10 Å². The summed E-state index contributed by atoms with van der Waals surface area (Å²) in [5.74, 6) is 0.918. The van der Waals surface area contributed by atoms with E-state index in [2.05, 4.69) is 15.3 Å². The number of methoxy groups -OCH3 is 1. The molecule has 0 saturated heterocycles. The predicted octanol–water partition coefficient (Wildman–Crippen LogP) is 2.89. The summed E-state index contributed by atoms with van der Waals surface area (Å²) in [6, 6.07) is 11.6. The molecule has 122 valence electrons. The Kier molecular flexibility index (Phi) is 4.81. The van der Waals surface area contributed by atoms with Crippen molar-refractivity contribution < 1.29 is 13.9 Å². The molecule has 0 fully saturated rings. The topological polar surface area (TPSA) is 61.5 Å². The molecule has 0 unspecified atom stereocenters. The van der Waals surface area contributed by atoms with Gasteiger partial charge in [-0.05, 0) is 41.5 Å². The molecule has 0 bridgehead atoms. The summed E-state index contributed by atoms with van der Waals surface area (Å²) in [5.41, 5.74) is 1.71. The van der Waals surface area contributed by atoms with Crippen LogP contribution in [0, 0.1) is 5.82 Å². The molecule has 7 heteroatoms. The first-order valence-electron chi connectivity index (χ1n) is 7.19. The van der Waals surface area contributed by atoms with Gasteiger partial charge in [0, 0.05) is 0 Å². The van der Waals surface area contributed by atoms with Crippen molar-refractivity contribution in [3.8, 4) is 11.5 Å². The Hall–Kier alpha value is -3.22. The number of rotatable bonds is 6. The zero-order chi connectivity index (χ0) is 16.8. The lowest BCUT2D eigenvalue weighted by Crippen LogP contribution is -1.98. The first kappa shape index (κ1) is 15.7. The highest BCUT2D eigenvalue weighted by molar-refractivity contribution is 5.80. The lowest BCUT2D eigenvalue weighted by atomic mass is 10.2. The molecule has 3 rings (SSSR count). The Bertz CT molecular complexity index is 817. The summed E-state index contributed by atoms with van der Waals surface area (Å²) in [6.45, 7) is 0.324. The van der Waals surface area contributed by atoms with Gasteiger partial charge in [-0.1, -0.05) is 12.1 Å². The minimum Gasteiger partial charge on any atom is -0.493 e. The van der Waals surface area contributed by atoms with Crippen LogP contribution < -0.4 is 9.47 Å².